The molecule has 0 aromatic carbocycles. The Labute approximate surface area is 123 Å². The predicted octanol–water partition coefficient (Wildman–Crippen LogP) is 2.18. The molecule has 2 aliphatic rings. The van der Waals surface area contributed by atoms with Gasteiger partial charge in [0.05, 0.1) is 18.6 Å². The molecule has 0 radical (unpaired) electrons. The standard InChI is InChI=1S/C15H20N4O2/c1-10-8-19(14-12(10)13(16)17-9-18-14)11-2-4-15(5-3-11)20-6-7-21-15/h8-9,11H,2-7H2,1H3,(H2,16,17,18). The lowest BCUT2D eigenvalue weighted by Gasteiger charge is -2.36. The lowest BCUT2D eigenvalue weighted by atomic mass is 9.90. The van der Waals surface area contributed by atoms with Crippen LogP contribution in [0.15, 0.2) is 12.5 Å². The van der Waals surface area contributed by atoms with E-state index in [1.165, 1.54) is 0 Å². The number of nitrogen functional groups attached to an aromatic ring is 1. The second kappa shape index (κ2) is 4.68. The van der Waals surface area contributed by atoms with Crippen molar-refractivity contribution in [2.24, 2.45) is 0 Å². The zero-order chi connectivity index (χ0) is 14.4. The number of nitrogens with two attached hydrogens (primary N) is 1. The topological polar surface area (TPSA) is 75.2 Å². The van der Waals surface area contributed by atoms with E-state index in [0.29, 0.717) is 11.9 Å². The van der Waals surface area contributed by atoms with Gasteiger partial charge in [-0.2, -0.15) is 0 Å². The maximum absolute atomic E-state index is 5.99. The SMILES string of the molecule is Cc1cn(C2CCC3(CC2)OCCO3)c2ncnc(N)c12. The van der Waals surface area contributed by atoms with E-state index < -0.39 is 0 Å². The van der Waals surface area contributed by atoms with Crippen LogP contribution in [-0.4, -0.2) is 33.5 Å². The molecule has 0 bridgehead atoms. The summed E-state index contributed by atoms with van der Waals surface area (Å²) in [4.78, 5) is 8.53. The number of fused-ring (bicyclic) bond motifs is 1. The first-order valence-electron chi connectivity index (χ1n) is 7.54. The Bertz CT molecular complexity index is 666. The van der Waals surface area contributed by atoms with Crippen molar-refractivity contribution >= 4 is 16.9 Å². The Hall–Kier alpha value is -1.66. The van der Waals surface area contributed by atoms with Crippen LogP contribution < -0.4 is 5.73 Å². The van der Waals surface area contributed by atoms with Crippen molar-refractivity contribution in [3.63, 3.8) is 0 Å². The van der Waals surface area contributed by atoms with Crippen LogP contribution in [0.3, 0.4) is 0 Å². The summed E-state index contributed by atoms with van der Waals surface area (Å²) < 4.78 is 13.9. The van der Waals surface area contributed by atoms with Gasteiger partial charge in [0.1, 0.15) is 17.8 Å². The van der Waals surface area contributed by atoms with Crippen molar-refractivity contribution in [3.05, 3.63) is 18.1 Å². The smallest absolute Gasteiger partial charge is 0.168 e. The van der Waals surface area contributed by atoms with Crippen LogP contribution in [0.25, 0.3) is 11.0 Å². The summed E-state index contributed by atoms with van der Waals surface area (Å²) in [6.45, 7) is 3.51. The van der Waals surface area contributed by atoms with Crippen LogP contribution >= 0.6 is 0 Å². The largest absolute Gasteiger partial charge is 0.383 e. The van der Waals surface area contributed by atoms with E-state index in [-0.39, 0.29) is 5.79 Å². The number of hydrogen-bond acceptors (Lipinski definition) is 5. The molecule has 6 nitrogen and oxygen atoms in total. The molecule has 0 unspecified atom stereocenters. The zero-order valence-corrected chi connectivity index (χ0v) is 12.2. The van der Waals surface area contributed by atoms with E-state index in [0.717, 1.165) is 55.5 Å². The van der Waals surface area contributed by atoms with Gasteiger partial charge in [0.25, 0.3) is 0 Å². The number of aromatic nitrogens is 3. The number of rotatable bonds is 1. The molecule has 2 fully saturated rings. The fourth-order valence-corrected chi connectivity index (χ4v) is 3.68. The average molecular weight is 288 g/mol. The molecule has 21 heavy (non-hydrogen) atoms. The molecular weight excluding hydrogens is 268 g/mol. The first kappa shape index (κ1) is 13.0. The Morgan fingerprint density at radius 2 is 1.95 bits per heavy atom. The summed E-state index contributed by atoms with van der Waals surface area (Å²) in [5, 5.41) is 0.978. The minimum absolute atomic E-state index is 0.317. The van der Waals surface area contributed by atoms with Crippen molar-refractivity contribution < 1.29 is 9.47 Å². The highest BCUT2D eigenvalue weighted by Gasteiger charge is 2.40. The molecule has 2 aromatic heterocycles. The molecule has 1 aliphatic heterocycles. The van der Waals surface area contributed by atoms with E-state index in [9.17, 15) is 0 Å². The number of aryl methyl sites for hydroxylation is 1. The second-order valence-corrected chi connectivity index (χ2v) is 6.02. The highest BCUT2D eigenvalue weighted by atomic mass is 16.7. The average Bonchev–Trinajstić information content (AvgIpc) is 3.07. The minimum atomic E-state index is -0.317. The lowest BCUT2D eigenvalue weighted by Crippen LogP contribution is -2.35. The van der Waals surface area contributed by atoms with Gasteiger partial charge in [0.15, 0.2) is 5.79 Å². The van der Waals surface area contributed by atoms with Gasteiger partial charge >= 0.3 is 0 Å². The van der Waals surface area contributed by atoms with E-state index in [2.05, 4.69) is 27.7 Å². The quantitative estimate of drug-likeness (QED) is 0.870. The monoisotopic (exact) mass is 288 g/mol. The molecular formula is C15H20N4O2. The Morgan fingerprint density at radius 3 is 2.67 bits per heavy atom. The summed E-state index contributed by atoms with van der Waals surface area (Å²) in [5.74, 6) is 0.244. The van der Waals surface area contributed by atoms with Crippen molar-refractivity contribution in [2.45, 2.75) is 44.4 Å². The highest BCUT2D eigenvalue weighted by molar-refractivity contribution is 5.89. The van der Waals surface area contributed by atoms with E-state index in [4.69, 9.17) is 15.2 Å². The number of hydrogen-bond donors (Lipinski definition) is 1. The third-order valence-corrected chi connectivity index (χ3v) is 4.75. The van der Waals surface area contributed by atoms with Gasteiger partial charge in [-0.15, -0.1) is 0 Å². The van der Waals surface area contributed by atoms with Crippen LogP contribution in [-0.2, 0) is 9.47 Å². The van der Waals surface area contributed by atoms with Crippen LogP contribution in [0.5, 0.6) is 0 Å². The molecule has 4 rings (SSSR count). The van der Waals surface area contributed by atoms with Crippen LogP contribution in [0.4, 0.5) is 5.82 Å². The zero-order valence-electron chi connectivity index (χ0n) is 12.2. The van der Waals surface area contributed by atoms with Crippen molar-refractivity contribution in [3.8, 4) is 0 Å². The van der Waals surface area contributed by atoms with Gasteiger partial charge in [-0.25, -0.2) is 9.97 Å². The molecule has 2 N–H and O–H groups in total. The van der Waals surface area contributed by atoms with Crippen LogP contribution in [0.2, 0.25) is 0 Å². The summed E-state index contributed by atoms with van der Waals surface area (Å²) in [6.07, 6.45) is 7.64. The summed E-state index contributed by atoms with van der Waals surface area (Å²) in [6, 6.07) is 0.425. The highest BCUT2D eigenvalue weighted by Crippen LogP contribution is 2.41. The molecule has 2 aromatic rings. The van der Waals surface area contributed by atoms with Crippen LogP contribution in [0, 0.1) is 6.92 Å². The van der Waals surface area contributed by atoms with Gasteiger partial charge in [-0.1, -0.05) is 0 Å². The van der Waals surface area contributed by atoms with Gasteiger partial charge < -0.3 is 19.8 Å². The van der Waals surface area contributed by atoms with E-state index >= 15 is 0 Å². The Balaban J connectivity index is 1.64. The molecule has 6 heteroatoms. The van der Waals surface area contributed by atoms with E-state index in [1.807, 2.05) is 0 Å². The third-order valence-electron chi connectivity index (χ3n) is 4.75. The Kier molecular flexibility index (Phi) is 2.90. The molecule has 3 heterocycles. The molecule has 1 spiro atoms. The molecule has 1 saturated heterocycles. The molecule has 112 valence electrons. The van der Waals surface area contributed by atoms with Gasteiger partial charge in [0, 0.05) is 25.1 Å². The van der Waals surface area contributed by atoms with Crippen molar-refractivity contribution in [1.82, 2.24) is 14.5 Å². The molecule has 0 amide bonds. The van der Waals surface area contributed by atoms with Gasteiger partial charge in [-0.3, -0.25) is 0 Å². The number of nitrogens with zero attached hydrogens (tertiary/aromatic N) is 3. The maximum atomic E-state index is 5.99. The van der Waals surface area contributed by atoms with Gasteiger partial charge in [0.2, 0.25) is 0 Å². The first-order chi connectivity index (χ1) is 10.2. The second-order valence-electron chi connectivity index (χ2n) is 6.02. The summed E-state index contributed by atoms with van der Waals surface area (Å²) in [5.41, 5.74) is 8.06. The fourth-order valence-electron chi connectivity index (χ4n) is 3.68. The van der Waals surface area contributed by atoms with Crippen molar-refractivity contribution in [1.29, 1.82) is 0 Å². The number of anilines is 1. The normalized spacial score (nSPS) is 22.3. The lowest BCUT2D eigenvalue weighted by molar-refractivity contribution is -0.181. The predicted molar refractivity (Wildman–Crippen MR) is 78.8 cm³/mol. The summed E-state index contributed by atoms with van der Waals surface area (Å²) >= 11 is 0. The summed E-state index contributed by atoms with van der Waals surface area (Å²) in [7, 11) is 0. The van der Waals surface area contributed by atoms with Crippen LogP contribution in [0.1, 0.15) is 37.3 Å². The minimum Gasteiger partial charge on any atom is -0.383 e. The molecule has 1 saturated carbocycles. The number of ether oxygens (including phenoxy) is 2. The van der Waals surface area contributed by atoms with Crippen molar-refractivity contribution in [2.75, 3.05) is 18.9 Å². The van der Waals surface area contributed by atoms with Gasteiger partial charge in [-0.05, 0) is 25.3 Å². The third kappa shape index (κ3) is 2.01. The molecule has 0 atom stereocenters. The fraction of sp³-hybridized carbons (Fsp3) is 0.600. The van der Waals surface area contributed by atoms with E-state index in [1.54, 1.807) is 6.33 Å². The first-order valence-corrected chi connectivity index (χ1v) is 7.54. The molecule has 1 aliphatic carbocycles. The maximum Gasteiger partial charge on any atom is 0.168 e. The Morgan fingerprint density at radius 1 is 1.24 bits per heavy atom.